The number of imidazole rings is 1. The Labute approximate surface area is 301 Å². The van der Waals surface area contributed by atoms with E-state index in [1.165, 1.54) is 18.5 Å². The van der Waals surface area contributed by atoms with Crippen molar-refractivity contribution in [2.45, 2.75) is 26.2 Å². The van der Waals surface area contributed by atoms with Crippen molar-refractivity contribution >= 4 is 23.2 Å². The number of amides is 1. The van der Waals surface area contributed by atoms with Gasteiger partial charge in [-0.15, -0.1) is 0 Å². The number of halogens is 3. The van der Waals surface area contributed by atoms with Crippen LogP contribution in [0.2, 0.25) is 0 Å². The van der Waals surface area contributed by atoms with Gasteiger partial charge in [0, 0.05) is 42.7 Å². The van der Waals surface area contributed by atoms with Crippen molar-refractivity contribution in [2.24, 2.45) is 0 Å². The summed E-state index contributed by atoms with van der Waals surface area (Å²) >= 11 is 0. The number of nitrogens with one attached hydrogen (secondary N) is 1. The number of rotatable bonds is 11. The van der Waals surface area contributed by atoms with Crippen molar-refractivity contribution < 1.29 is 27.4 Å². The molecule has 4 aromatic heterocycles. The van der Waals surface area contributed by atoms with Crippen LogP contribution in [0.4, 0.5) is 24.8 Å². The van der Waals surface area contributed by atoms with Gasteiger partial charge in [0.05, 0.1) is 43.6 Å². The van der Waals surface area contributed by atoms with Gasteiger partial charge >= 0.3 is 6.18 Å². The molecular weight excluding hydrogens is 687 g/mol. The Morgan fingerprint density at radius 3 is 2.15 bits per heavy atom. The number of benzene rings is 3. The predicted molar refractivity (Wildman–Crippen MR) is 191 cm³/mol. The Kier molecular flexibility index (Phi) is 9.46. The van der Waals surface area contributed by atoms with Crippen molar-refractivity contribution in [3.8, 4) is 28.4 Å². The smallest absolute Gasteiger partial charge is 0.416 e. The first-order valence-electron chi connectivity index (χ1n) is 16.3. The standard InChI is InChI=1S/C38H32F3N9O3/c1-24-17-42-34(47-37(51)27-5-4-6-29(15-27)38(39,40)41)16-32(24)49-22-28(18-45-49)33-19-43-36-35(44-23-46-50(33)36)48(20-25-7-11-30(52-2)12-8-25)21-26-9-13-31(53-3)14-10-26/h4-19,22-23H,20-21H2,1-3H3,(H,42,47,51). The van der Waals surface area contributed by atoms with Gasteiger partial charge in [0.2, 0.25) is 0 Å². The number of hydrogen-bond acceptors (Lipinski definition) is 9. The molecule has 7 rings (SSSR count). The minimum Gasteiger partial charge on any atom is -0.497 e. The summed E-state index contributed by atoms with van der Waals surface area (Å²) in [5, 5.41) is 11.7. The second kappa shape index (κ2) is 14.5. The Balaban J connectivity index is 1.17. The molecule has 0 atom stereocenters. The summed E-state index contributed by atoms with van der Waals surface area (Å²) in [4.78, 5) is 28.7. The number of methoxy groups -OCH3 is 2. The largest absolute Gasteiger partial charge is 0.497 e. The molecule has 1 amide bonds. The summed E-state index contributed by atoms with van der Waals surface area (Å²) in [5.74, 6) is 1.56. The molecule has 0 unspecified atom stereocenters. The van der Waals surface area contributed by atoms with E-state index in [0.717, 1.165) is 40.3 Å². The summed E-state index contributed by atoms with van der Waals surface area (Å²) in [6.07, 6.45) is 3.61. The lowest BCUT2D eigenvalue weighted by atomic mass is 10.1. The number of aromatic nitrogens is 7. The number of pyridine rings is 1. The Morgan fingerprint density at radius 1 is 0.830 bits per heavy atom. The number of carbonyl (C=O) groups is 1. The van der Waals surface area contributed by atoms with Gasteiger partial charge in [0.15, 0.2) is 11.5 Å². The number of alkyl halides is 3. The molecule has 15 heteroatoms. The fourth-order valence-corrected chi connectivity index (χ4v) is 5.77. The molecule has 0 aliphatic rings. The molecule has 3 aromatic carbocycles. The van der Waals surface area contributed by atoms with Crippen LogP contribution in [-0.2, 0) is 19.3 Å². The summed E-state index contributed by atoms with van der Waals surface area (Å²) in [6.45, 7) is 2.88. The van der Waals surface area contributed by atoms with Crippen LogP contribution in [-0.4, -0.2) is 54.5 Å². The highest BCUT2D eigenvalue weighted by Crippen LogP contribution is 2.31. The number of ether oxygens (including phenoxy) is 2. The molecule has 4 heterocycles. The minimum absolute atomic E-state index is 0.144. The van der Waals surface area contributed by atoms with Gasteiger partial charge in [0.1, 0.15) is 23.6 Å². The second-order valence-electron chi connectivity index (χ2n) is 12.1. The van der Waals surface area contributed by atoms with Crippen molar-refractivity contribution in [3.63, 3.8) is 0 Å². The first-order valence-corrected chi connectivity index (χ1v) is 16.3. The highest BCUT2D eigenvalue weighted by molar-refractivity contribution is 6.04. The molecule has 0 aliphatic carbocycles. The van der Waals surface area contributed by atoms with Gasteiger partial charge in [-0.25, -0.2) is 24.1 Å². The number of nitrogens with zero attached hydrogens (tertiary/aromatic N) is 8. The third-order valence-corrected chi connectivity index (χ3v) is 8.54. The van der Waals surface area contributed by atoms with Crippen LogP contribution in [0.1, 0.15) is 32.6 Å². The lowest BCUT2D eigenvalue weighted by Gasteiger charge is -2.24. The third-order valence-electron chi connectivity index (χ3n) is 8.54. The van der Waals surface area contributed by atoms with Gasteiger partial charge in [-0.2, -0.15) is 23.4 Å². The maximum absolute atomic E-state index is 13.2. The molecule has 7 aromatic rings. The molecule has 0 saturated carbocycles. The summed E-state index contributed by atoms with van der Waals surface area (Å²) in [7, 11) is 3.26. The van der Waals surface area contributed by atoms with Crippen LogP contribution in [0.15, 0.2) is 110 Å². The molecule has 12 nitrogen and oxygen atoms in total. The zero-order valence-corrected chi connectivity index (χ0v) is 28.7. The van der Waals surface area contributed by atoms with E-state index < -0.39 is 17.6 Å². The highest BCUT2D eigenvalue weighted by atomic mass is 19.4. The number of aryl methyl sites for hydroxylation is 1. The normalized spacial score (nSPS) is 11.4. The average molecular weight is 720 g/mol. The Morgan fingerprint density at radius 2 is 1.51 bits per heavy atom. The zero-order valence-electron chi connectivity index (χ0n) is 28.7. The highest BCUT2D eigenvalue weighted by Gasteiger charge is 2.31. The summed E-state index contributed by atoms with van der Waals surface area (Å²) in [5.41, 5.74) is 4.26. The van der Waals surface area contributed by atoms with E-state index in [4.69, 9.17) is 14.5 Å². The third kappa shape index (κ3) is 7.49. The molecule has 0 bridgehead atoms. The van der Waals surface area contributed by atoms with Crippen LogP contribution in [0.5, 0.6) is 11.5 Å². The van der Waals surface area contributed by atoms with Crippen LogP contribution in [0, 0.1) is 6.92 Å². The number of fused-ring (bicyclic) bond motifs is 1. The van der Waals surface area contributed by atoms with E-state index in [0.29, 0.717) is 41.5 Å². The molecular formula is C38H32F3N9O3. The lowest BCUT2D eigenvalue weighted by molar-refractivity contribution is -0.137. The Hall–Kier alpha value is -6.77. The minimum atomic E-state index is -4.58. The van der Waals surface area contributed by atoms with Gasteiger partial charge in [-0.1, -0.05) is 30.3 Å². The Bertz CT molecular complexity index is 2340. The van der Waals surface area contributed by atoms with Crippen LogP contribution in [0.25, 0.3) is 22.6 Å². The van der Waals surface area contributed by atoms with Gasteiger partial charge in [0.25, 0.3) is 5.91 Å². The fourth-order valence-electron chi connectivity index (χ4n) is 5.77. The van der Waals surface area contributed by atoms with Crippen molar-refractivity contribution in [3.05, 3.63) is 138 Å². The molecule has 1 N–H and O–H groups in total. The molecule has 0 radical (unpaired) electrons. The zero-order chi connectivity index (χ0) is 37.1. The average Bonchev–Trinajstić information content (AvgIpc) is 3.83. The predicted octanol–water partition coefficient (Wildman–Crippen LogP) is 7.18. The quantitative estimate of drug-likeness (QED) is 0.148. The van der Waals surface area contributed by atoms with Crippen LogP contribution in [0.3, 0.4) is 0 Å². The van der Waals surface area contributed by atoms with Gasteiger partial charge in [-0.05, 0) is 66.1 Å². The maximum Gasteiger partial charge on any atom is 0.416 e. The number of hydrogen-bond donors (Lipinski definition) is 1. The number of carbonyl (C=O) groups excluding carboxylic acids is 1. The van der Waals surface area contributed by atoms with Crippen molar-refractivity contribution in [1.29, 1.82) is 0 Å². The van der Waals surface area contributed by atoms with Crippen molar-refractivity contribution in [2.75, 3.05) is 24.4 Å². The maximum atomic E-state index is 13.2. The SMILES string of the molecule is COc1ccc(CN(Cc2ccc(OC)cc2)c2ncnn3c(-c4cnn(-c5cc(NC(=O)c6cccc(C(F)(F)F)c6)ncc5C)c4)cnc23)cc1. The van der Waals surface area contributed by atoms with Gasteiger partial charge in [-0.3, -0.25) is 4.79 Å². The first kappa shape index (κ1) is 34.7. The molecule has 0 spiro atoms. The number of anilines is 2. The molecule has 0 saturated heterocycles. The lowest BCUT2D eigenvalue weighted by Crippen LogP contribution is -2.24. The summed E-state index contributed by atoms with van der Waals surface area (Å²) < 4.78 is 53.7. The van der Waals surface area contributed by atoms with E-state index in [9.17, 15) is 18.0 Å². The topological polar surface area (TPSA) is 125 Å². The van der Waals surface area contributed by atoms with E-state index in [1.54, 1.807) is 54.3 Å². The molecule has 53 heavy (non-hydrogen) atoms. The van der Waals surface area contributed by atoms with Crippen LogP contribution < -0.4 is 19.7 Å². The molecule has 268 valence electrons. The second-order valence-corrected chi connectivity index (χ2v) is 12.1. The van der Waals surface area contributed by atoms with E-state index in [2.05, 4.69) is 30.4 Å². The van der Waals surface area contributed by atoms with Gasteiger partial charge < -0.3 is 19.7 Å². The van der Waals surface area contributed by atoms with E-state index in [1.807, 2.05) is 55.5 Å². The molecule has 0 aliphatic heterocycles. The summed E-state index contributed by atoms with van der Waals surface area (Å²) in [6, 6.07) is 21.5. The van der Waals surface area contributed by atoms with E-state index in [-0.39, 0.29) is 11.4 Å². The van der Waals surface area contributed by atoms with Crippen LogP contribution >= 0.6 is 0 Å². The van der Waals surface area contributed by atoms with E-state index >= 15 is 0 Å². The monoisotopic (exact) mass is 719 g/mol. The first-order chi connectivity index (χ1) is 25.6. The van der Waals surface area contributed by atoms with Crippen molar-refractivity contribution in [1.82, 2.24) is 34.3 Å². The fraction of sp³-hybridized carbons (Fsp3) is 0.158. The molecule has 0 fully saturated rings.